The first-order valence-corrected chi connectivity index (χ1v) is 2.35. The maximum atomic E-state index is 8.88. The Morgan fingerprint density at radius 3 is 1.14 bits per heavy atom. The van der Waals surface area contributed by atoms with Crippen molar-refractivity contribution in [3.63, 3.8) is 0 Å². The van der Waals surface area contributed by atoms with Crippen molar-refractivity contribution in [2.45, 2.75) is 0 Å². The molecule has 4 nitrogen and oxygen atoms in total. The van der Waals surface area contributed by atoms with Gasteiger partial charge >= 0.3 is 7.82 Å². The molecule has 0 saturated carbocycles. The van der Waals surface area contributed by atoms with Gasteiger partial charge in [0.05, 0.1) is 0 Å². The van der Waals surface area contributed by atoms with Gasteiger partial charge in [0.2, 0.25) is 0 Å². The zero-order valence-corrected chi connectivity index (χ0v) is 9.21. The summed E-state index contributed by atoms with van der Waals surface area (Å²) in [4.78, 5) is 21.6. The first-order valence-electron chi connectivity index (χ1n) is 0.783. The summed E-state index contributed by atoms with van der Waals surface area (Å²) in [6.07, 6.45) is 0. The summed E-state index contributed by atoms with van der Waals surface area (Å²) in [5.74, 6) is 0. The second-order valence-electron chi connectivity index (χ2n) is 0.513. The van der Waals surface area contributed by atoms with Crippen LogP contribution in [0.2, 0.25) is 0 Å². The Labute approximate surface area is 70.9 Å². The fraction of sp³-hybridized carbons (Fsp3) is 0. The average molecular weight is 269 g/mol. The molecule has 3 N–H and O–H groups in total. The molecule has 7 heavy (non-hydrogen) atoms. The van der Waals surface area contributed by atoms with Crippen molar-refractivity contribution < 1.29 is 63.3 Å². The maximum absolute atomic E-state index is 8.88. The van der Waals surface area contributed by atoms with Gasteiger partial charge in [0.1, 0.15) is 0 Å². The Hall–Kier alpha value is 1.54. The molecule has 0 rings (SSSR count). The Morgan fingerprint density at radius 1 is 1.14 bits per heavy atom. The van der Waals surface area contributed by atoms with E-state index in [4.69, 9.17) is 19.2 Å². The van der Waals surface area contributed by atoms with Gasteiger partial charge in [0.25, 0.3) is 0 Å². The van der Waals surface area contributed by atoms with E-state index in [2.05, 4.69) is 0 Å². The average Bonchev–Trinajstić information content (AvgIpc) is 0.722. The minimum absolute atomic E-state index is 0. The van der Waals surface area contributed by atoms with Crippen LogP contribution in [0.3, 0.4) is 0 Å². The first-order chi connectivity index (χ1) is 2.00. The number of rotatable bonds is 0. The molecule has 0 aromatic rings. The van der Waals surface area contributed by atoms with Gasteiger partial charge in [-0.3, -0.25) is 0 Å². The van der Waals surface area contributed by atoms with E-state index in [1.807, 2.05) is 0 Å². The summed E-state index contributed by atoms with van der Waals surface area (Å²) in [7, 11) is -4.64. The van der Waals surface area contributed by atoms with Crippen LogP contribution in [0.5, 0.6) is 0 Å². The normalized spacial score (nSPS) is 8.43. The molecule has 43 valence electrons. The van der Waals surface area contributed by atoms with Crippen molar-refractivity contribution in [1.29, 1.82) is 0 Å². The molecule has 0 heterocycles. The van der Waals surface area contributed by atoms with Gasteiger partial charge in [0.15, 0.2) is 0 Å². The molecule has 0 aliphatic rings. The predicted molar refractivity (Wildman–Crippen MR) is 14.3 cm³/mol. The maximum Gasteiger partial charge on any atom is 0.466 e. The SMILES string of the molecule is O=P(O)(O)O.[Cd].[Co]. The van der Waals surface area contributed by atoms with Gasteiger partial charge < -0.3 is 14.7 Å². The molecular formula is H3CdCoO4P. The summed E-state index contributed by atoms with van der Waals surface area (Å²) in [5, 5.41) is 0. The van der Waals surface area contributed by atoms with Gasteiger partial charge in [-0.15, -0.1) is 0 Å². The molecule has 0 aliphatic heterocycles. The monoisotopic (exact) mass is 271 g/mol. The van der Waals surface area contributed by atoms with Crippen LogP contribution in [0, 0.1) is 0 Å². The fourth-order valence-corrected chi connectivity index (χ4v) is 0. The number of hydrogen-bond acceptors (Lipinski definition) is 1. The van der Waals surface area contributed by atoms with Crippen LogP contribution < -0.4 is 0 Å². The van der Waals surface area contributed by atoms with E-state index in [0.29, 0.717) is 0 Å². The molecule has 0 aliphatic carbocycles. The van der Waals surface area contributed by atoms with Crippen molar-refractivity contribution in [3.8, 4) is 0 Å². The van der Waals surface area contributed by atoms with Gasteiger partial charge in [-0.25, -0.2) is 4.57 Å². The number of phosphoric acid groups is 1. The van der Waals surface area contributed by atoms with Crippen LogP contribution in [-0.2, 0) is 48.6 Å². The summed E-state index contributed by atoms with van der Waals surface area (Å²) in [5.41, 5.74) is 0. The van der Waals surface area contributed by atoms with Gasteiger partial charge in [-0.1, -0.05) is 0 Å². The Kier molecular flexibility index (Phi) is 12.8. The van der Waals surface area contributed by atoms with E-state index in [1.165, 1.54) is 0 Å². The van der Waals surface area contributed by atoms with Gasteiger partial charge in [-0.05, 0) is 0 Å². The minimum atomic E-state index is -4.64. The van der Waals surface area contributed by atoms with E-state index in [9.17, 15) is 0 Å². The van der Waals surface area contributed by atoms with E-state index in [0.717, 1.165) is 0 Å². The summed E-state index contributed by atoms with van der Waals surface area (Å²) in [6.45, 7) is 0. The van der Waals surface area contributed by atoms with Crippen molar-refractivity contribution in [2.75, 3.05) is 0 Å². The van der Waals surface area contributed by atoms with E-state index in [-0.39, 0.29) is 44.1 Å². The van der Waals surface area contributed by atoms with Crippen LogP contribution in [-0.4, -0.2) is 14.7 Å². The predicted octanol–water partition coefficient (Wildman–Crippen LogP) is -0.934. The van der Waals surface area contributed by atoms with Crippen LogP contribution in [0.15, 0.2) is 0 Å². The molecule has 7 heteroatoms. The van der Waals surface area contributed by atoms with E-state index in [1.54, 1.807) is 0 Å². The Morgan fingerprint density at radius 2 is 1.14 bits per heavy atom. The molecule has 0 aromatic carbocycles. The Balaban J connectivity index is -0.0000000800. The molecule has 0 fully saturated rings. The van der Waals surface area contributed by atoms with Crippen LogP contribution >= 0.6 is 7.82 Å². The second-order valence-corrected chi connectivity index (χ2v) is 1.54. The molecule has 0 aromatic heterocycles. The third kappa shape index (κ3) is 97.7. The van der Waals surface area contributed by atoms with Crippen molar-refractivity contribution in [1.82, 2.24) is 0 Å². The Bertz CT molecular complexity index is 57.8. The van der Waals surface area contributed by atoms with Crippen molar-refractivity contribution >= 4 is 7.82 Å². The summed E-state index contributed by atoms with van der Waals surface area (Å²) in [6, 6.07) is 0. The van der Waals surface area contributed by atoms with E-state index >= 15 is 0 Å². The van der Waals surface area contributed by atoms with Crippen LogP contribution in [0.4, 0.5) is 0 Å². The second kappa shape index (κ2) is 5.67. The molecule has 0 amide bonds. The van der Waals surface area contributed by atoms with Crippen LogP contribution in [0.25, 0.3) is 0 Å². The van der Waals surface area contributed by atoms with Crippen molar-refractivity contribution in [2.24, 2.45) is 0 Å². The van der Waals surface area contributed by atoms with Crippen molar-refractivity contribution in [3.05, 3.63) is 0 Å². The standard InChI is InChI=1S/Cd.Co.H3O4P/c;;1-5(2,3)4/h;;(H3,1,2,3,4). The zero-order valence-electron chi connectivity index (χ0n) is 3.24. The number of hydrogen-bond donors (Lipinski definition) is 3. The van der Waals surface area contributed by atoms with E-state index < -0.39 is 7.82 Å². The molecule has 1 radical (unpaired) electrons. The quantitative estimate of drug-likeness (QED) is 0.392. The smallest absolute Gasteiger partial charge is 0.303 e. The summed E-state index contributed by atoms with van der Waals surface area (Å²) >= 11 is 0. The van der Waals surface area contributed by atoms with Gasteiger partial charge in [0, 0.05) is 44.1 Å². The topological polar surface area (TPSA) is 77.8 Å². The molecule has 0 saturated heterocycles. The molecular weight excluding hydrogens is 266 g/mol. The van der Waals surface area contributed by atoms with Crippen LogP contribution in [0.1, 0.15) is 0 Å². The molecule has 0 atom stereocenters. The third-order valence-corrected chi connectivity index (χ3v) is 0. The van der Waals surface area contributed by atoms with Gasteiger partial charge in [-0.2, -0.15) is 0 Å². The minimum Gasteiger partial charge on any atom is -0.303 e. The summed E-state index contributed by atoms with van der Waals surface area (Å²) < 4.78 is 8.88. The molecule has 0 bridgehead atoms. The molecule has 0 unspecified atom stereocenters. The molecule has 0 spiro atoms. The first kappa shape index (κ1) is 15.8. The largest absolute Gasteiger partial charge is 0.466 e. The fourth-order valence-electron chi connectivity index (χ4n) is 0. The zero-order chi connectivity index (χ0) is 4.50. The third-order valence-electron chi connectivity index (χ3n) is 0.